The van der Waals surface area contributed by atoms with E-state index in [1.165, 1.54) is 12.0 Å². The van der Waals surface area contributed by atoms with Crippen LogP contribution in [0, 0.1) is 6.92 Å². The number of rotatable bonds is 5. The van der Waals surface area contributed by atoms with Crippen LogP contribution in [0.5, 0.6) is 5.75 Å². The van der Waals surface area contributed by atoms with Gasteiger partial charge in [0.15, 0.2) is 5.78 Å². The lowest BCUT2D eigenvalue weighted by Gasteiger charge is -2.30. The summed E-state index contributed by atoms with van der Waals surface area (Å²) in [5.74, 6) is -0.207. The quantitative estimate of drug-likeness (QED) is 0.603. The van der Waals surface area contributed by atoms with E-state index in [2.05, 4.69) is 0 Å². The van der Waals surface area contributed by atoms with Crippen molar-refractivity contribution in [2.75, 3.05) is 20.7 Å². The van der Waals surface area contributed by atoms with Gasteiger partial charge in [0.2, 0.25) is 0 Å². The van der Waals surface area contributed by atoms with Crippen LogP contribution >= 0.6 is 0 Å². The zero-order chi connectivity index (χ0) is 19.8. The van der Waals surface area contributed by atoms with E-state index in [9.17, 15) is 14.4 Å². The number of imide groups is 1. The first-order valence-corrected chi connectivity index (χ1v) is 8.63. The molecule has 3 rings (SSSR count). The number of likely N-dealkylation sites (N-methyl/N-ethyl adjacent to an activating group) is 1. The molecule has 140 valence electrons. The Labute approximate surface area is 158 Å². The molecule has 2 aromatic carbocycles. The molecule has 0 aliphatic carbocycles. The van der Waals surface area contributed by atoms with Crippen LogP contribution in [0.4, 0.5) is 4.79 Å². The van der Waals surface area contributed by atoms with Gasteiger partial charge in [-0.1, -0.05) is 42.0 Å². The third kappa shape index (κ3) is 2.97. The number of methoxy groups -OCH3 is 1. The van der Waals surface area contributed by atoms with Crippen molar-refractivity contribution < 1.29 is 19.1 Å². The van der Waals surface area contributed by atoms with E-state index >= 15 is 0 Å². The van der Waals surface area contributed by atoms with E-state index in [4.69, 9.17) is 4.74 Å². The molecule has 0 spiro atoms. The average molecular weight is 366 g/mol. The van der Waals surface area contributed by atoms with Crippen molar-refractivity contribution >= 4 is 17.7 Å². The van der Waals surface area contributed by atoms with Gasteiger partial charge in [-0.25, -0.2) is 4.79 Å². The van der Waals surface area contributed by atoms with Crippen molar-refractivity contribution in [1.82, 2.24) is 9.80 Å². The molecule has 6 heteroatoms. The van der Waals surface area contributed by atoms with Crippen molar-refractivity contribution in [3.63, 3.8) is 0 Å². The van der Waals surface area contributed by atoms with E-state index in [1.54, 1.807) is 50.4 Å². The molecule has 0 bridgehead atoms. The van der Waals surface area contributed by atoms with Gasteiger partial charge in [0.1, 0.15) is 11.3 Å². The number of urea groups is 1. The van der Waals surface area contributed by atoms with Gasteiger partial charge in [0, 0.05) is 18.2 Å². The number of carbonyl (C=O) groups excluding carboxylic acids is 3. The molecule has 1 saturated heterocycles. The molecule has 0 radical (unpaired) electrons. The van der Waals surface area contributed by atoms with Crippen LogP contribution in [-0.2, 0) is 10.3 Å². The molecule has 1 heterocycles. The van der Waals surface area contributed by atoms with Crippen LogP contribution in [0.3, 0.4) is 0 Å². The van der Waals surface area contributed by atoms with E-state index < -0.39 is 17.5 Å². The molecule has 0 aromatic heterocycles. The maximum Gasteiger partial charge on any atom is 0.328 e. The van der Waals surface area contributed by atoms with Crippen LogP contribution in [-0.4, -0.2) is 48.2 Å². The minimum Gasteiger partial charge on any atom is -0.496 e. The Kier molecular flexibility index (Phi) is 4.74. The fourth-order valence-corrected chi connectivity index (χ4v) is 3.36. The van der Waals surface area contributed by atoms with Crippen molar-refractivity contribution in [3.05, 3.63) is 65.2 Å². The Morgan fingerprint density at radius 3 is 2.41 bits per heavy atom. The summed E-state index contributed by atoms with van der Waals surface area (Å²) in [7, 11) is 3.09. The number of hydrogen-bond acceptors (Lipinski definition) is 4. The highest BCUT2D eigenvalue weighted by Crippen LogP contribution is 2.40. The second-order valence-corrected chi connectivity index (χ2v) is 6.80. The number of Topliss-reactive ketones (excluding diaryl/α,β-unsaturated/α-hetero) is 1. The van der Waals surface area contributed by atoms with Crippen molar-refractivity contribution in [1.29, 1.82) is 0 Å². The highest BCUT2D eigenvalue weighted by molar-refractivity contribution is 6.11. The Bertz CT molecular complexity index is 910. The minimum absolute atomic E-state index is 0.286. The van der Waals surface area contributed by atoms with Crippen LogP contribution < -0.4 is 4.74 Å². The fourth-order valence-electron chi connectivity index (χ4n) is 3.36. The standard InChI is InChI=1S/C21H22N2O4/c1-14-10-11-18(27-4)16(12-14)21(2)19(25)23(20(26)22(21)3)13-17(24)15-8-6-5-7-9-15/h5-12H,13H2,1-4H3. The second-order valence-electron chi connectivity index (χ2n) is 6.80. The number of amides is 3. The molecule has 6 nitrogen and oxygen atoms in total. The minimum atomic E-state index is -1.24. The van der Waals surface area contributed by atoms with Crippen LogP contribution in [0.15, 0.2) is 48.5 Å². The smallest absolute Gasteiger partial charge is 0.328 e. The van der Waals surface area contributed by atoms with Gasteiger partial charge >= 0.3 is 6.03 Å². The third-order valence-electron chi connectivity index (χ3n) is 5.13. The predicted octanol–water partition coefficient (Wildman–Crippen LogP) is 3.00. The summed E-state index contributed by atoms with van der Waals surface area (Å²) in [6.45, 7) is 3.29. The van der Waals surface area contributed by atoms with E-state index in [-0.39, 0.29) is 12.3 Å². The predicted molar refractivity (Wildman–Crippen MR) is 101 cm³/mol. The third-order valence-corrected chi connectivity index (χ3v) is 5.13. The molecule has 0 N–H and O–H groups in total. The number of benzene rings is 2. The molecule has 3 amide bonds. The molecule has 1 atom stereocenters. The lowest BCUT2D eigenvalue weighted by atomic mass is 9.88. The van der Waals surface area contributed by atoms with Crippen molar-refractivity contribution in [2.45, 2.75) is 19.4 Å². The number of hydrogen-bond donors (Lipinski definition) is 0. The first kappa shape index (κ1) is 18.6. The zero-order valence-electron chi connectivity index (χ0n) is 15.9. The van der Waals surface area contributed by atoms with Crippen LogP contribution in [0.25, 0.3) is 0 Å². The normalized spacial score (nSPS) is 19.6. The first-order valence-electron chi connectivity index (χ1n) is 8.63. The Morgan fingerprint density at radius 1 is 1.11 bits per heavy atom. The number of aryl methyl sites for hydroxylation is 1. The van der Waals surface area contributed by atoms with Crippen LogP contribution in [0.1, 0.15) is 28.4 Å². The van der Waals surface area contributed by atoms with Crippen molar-refractivity contribution in [3.8, 4) is 5.75 Å². The lowest BCUT2D eigenvalue weighted by molar-refractivity contribution is -0.132. The molecule has 0 saturated carbocycles. The Hall–Kier alpha value is -3.15. The van der Waals surface area contributed by atoms with Gasteiger partial charge in [-0.2, -0.15) is 0 Å². The first-order chi connectivity index (χ1) is 12.8. The fraction of sp³-hybridized carbons (Fsp3) is 0.286. The molecule has 1 aliphatic rings. The summed E-state index contributed by atoms with van der Waals surface area (Å²) in [4.78, 5) is 41.0. The highest BCUT2D eigenvalue weighted by atomic mass is 16.5. The van der Waals surface area contributed by atoms with Gasteiger partial charge in [0.05, 0.1) is 13.7 Å². The molecule has 1 fully saturated rings. The Morgan fingerprint density at radius 2 is 1.78 bits per heavy atom. The van der Waals surface area contributed by atoms with E-state index in [0.717, 1.165) is 10.5 Å². The molecule has 1 aliphatic heterocycles. The van der Waals surface area contributed by atoms with E-state index in [1.807, 2.05) is 19.1 Å². The number of nitrogens with zero attached hydrogens (tertiary/aromatic N) is 2. The van der Waals surface area contributed by atoms with Gasteiger partial charge < -0.3 is 9.64 Å². The molecule has 2 aromatic rings. The maximum atomic E-state index is 13.3. The molecular formula is C21H22N2O4. The lowest BCUT2D eigenvalue weighted by Crippen LogP contribution is -2.42. The zero-order valence-corrected chi connectivity index (χ0v) is 15.9. The van der Waals surface area contributed by atoms with Gasteiger partial charge in [-0.15, -0.1) is 0 Å². The number of carbonyl (C=O) groups is 3. The SMILES string of the molecule is COc1ccc(C)cc1C1(C)C(=O)N(CC(=O)c2ccccc2)C(=O)N1C. The summed E-state index contributed by atoms with van der Waals surface area (Å²) in [5.41, 5.74) is 0.758. The number of ether oxygens (including phenoxy) is 1. The number of ketones is 1. The summed E-state index contributed by atoms with van der Waals surface area (Å²) < 4.78 is 5.42. The molecule has 27 heavy (non-hydrogen) atoms. The van der Waals surface area contributed by atoms with Gasteiger partial charge in [-0.3, -0.25) is 14.5 Å². The summed E-state index contributed by atoms with van der Waals surface area (Å²) >= 11 is 0. The van der Waals surface area contributed by atoms with Crippen molar-refractivity contribution in [2.24, 2.45) is 0 Å². The largest absolute Gasteiger partial charge is 0.496 e. The maximum absolute atomic E-state index is 13.3. The summed E-state index contributed by atoms with van der Waals surface area (Å²) in [6, 6.07) is 13.6. The van der Waals surface area contributed by atoms with Gasteiger partial charge in [-0.05, 0) is 26.0 Å². The highest BCUT2D eigenvalue weighted by Gasteiger charge is 2.55. The summed E-state index contributed by atoms with van der Waals surface area (Å²) in [5, 5.41) is 0. The molecule has 1 unspecified atom stereocenters. The van der Waals surface area contributed by atoms with Crippen LogP contribution in [0.2, 0.25) is 0 Å². The van der Waals surface area contributed by atoms with E-state index in [0.29, 0.717) is 16.9 Å². The topological polar surface area (TPSA) is 66.9 Å². The summed E-state index contributed by atoms with van der Waals surface area (Å²) in [6.07, 6.45) is 0. The second kappa shape index (κ2) is 6.87. The monoisotopic (exact) mass is 366 g/mol. The average Bonchev–Trinajstić information content (AvgIpc) is 2.84. The van der Waals surface area contributed by atoms with Gasteiger partial charge in [0.25, 0.3) is 5.91 Å². The Balaban J connectivity index is 1.98. The molecular weight excluding hydrogens is 344 g/mol.